The number of aryl methyl sites for hydroxylation is 6. The molecule has 0 atom stereocenters. The zero-order valence-corrected chi connectivity index (χ0v) is 38.1. The topological polar surface area (TPSA) is 56.2 Å². The van der Waals surface area contributed by atoms with Crippen molar-refractivity contribution in [2.45, 2.75) is 77.7 Å². The zero-order valence-electron chi connectivity index (χ0n) is 57.1. The minimum absolute atomic E-state index is 0.0431. The second kappa shape index (κ2) is 20.1. The summed E-state index contributed by atoms with van der Waals surface area (Å²) in [6, 6.07) is 31.2. The first-order chi connectivity index (χ1) is 41.0. The van der Waals surface area contributed by atoms with Crippen molar-refractivity contribution < 1.29 is 30.5 Å². The Kier molecular flexibility index (Phi) is 8.09. The van der Waals surface area contributed by atoms with Crippen molar-refractivity contribution in [3.63, 3.8) is 0 Å². The van der Waals surface area contributed by atoms with Crippen LogP contribution < -0.4 is 0 Å². The summed E-state index contributed by atoms with van der Waals surface area (Å²) in [6.07, 6.45) is -16.0. The molecule has 4 heterocycles. The largest absolute Gasteiger partial charge is 0.457 e. The van der Waals surface area contributed by atoms with Crippen LogP contribution in [-0.4, -0.2) is 15.0 Å². The number of rotatable bonds is 15. The molecule has 0 saturated heterocycles. The second-order valence-electron chi connectivity index (χ2n) is 16.7. The number of aromatic nitrogens is 3. The van der Waals surface area contributed by atoms with Gasteiger partial charge < -0.3 is 4.42 Å². The number of nitrogens with zero attached hydrogens (tertiary/aromatic N) is 4. The lowest BCUT2D eigenvalue weighted by Gasteiger charge is -2.16. The van der Waals surface area contributed by atoms with E-state index in [1.807, 2.05) is 0 Å². The van der Waals surface area contributed by atoms with Crippen LogP contribution in [0, 0.1) is 6.57 Å². The van der Waals surface area contributed by atoms with Gasteiger partial charge in [-0.15, -0.1) is 0 Å². The molecule has 0 radical (unpaired) electrons. The molecule has 0 aliphatic carbocycles. The van der Waals surface area contributed by atoms with E-state index in [-0.39, 0.29) is 66.9 Å². The first-order valence-electron chi connectivity index (χ1n) is 31.7. The fraction of sp³-hybridized carbons (Fsp3) is 0.188. The lowest BCUT2D eigenvalue weighted by Crippen LogP contribution is -2.04. The van der Waals surface area contributed by atoms with Gasteiger partial charge in [0.05, 0.1) is 30.5 Å². The molecule has 0 spiro atoms. The number of pyridine rings is 3. The van der Waals surface area contributed by atoms with Crippen molar-refractivity contribution in [3.05, 3.63) is 238 Å². The monoisotopic (exact) mass is 916 g/mol. The molecule has 338 valence electrons. The maximum atomic E-state index is 9.77. The maximum Gasteiger partial charge on any atom is 0.206 e. The molecule has 10 rings (SSSR count). The molecule has 0 aliphatic heterocycles. The van der Waals surface area contributed by atoms with Crippen molar-refractivity contribution in [1.29, 1.82) is 0 Å². The van der Waals surface area contributed by atoms with Crippen LogP contribution in [0.2, 0.25) is 0 Å². The Labute approximate surface area is 433 Å². The van der Waals surface area contributed by atoms with Crippen molar-refractivity contribution in [2.24, 2.45) is 0 Å². The first kappa shape index (κ1) is 27.8. The number of furan rings is 1. The summed E-state index contributed by atoms with van der Waals surface area (Å²) in [5.74, 6) is -3.14. The van der Waals surface area contributed by atoms with E-state index < -0.39 is 96.9 Å². The Balaban J connectivity index is 1.10. The van der Waals surface area contributed by atoms with Gasteiger partial charge in [-0.3, -0.25) is 15.0 Å². The van der Waals surface area contributed by atoms with E-state index in [1.54, 1.807) is 78.9 Å². The van der Waals surface area contributed by atoms with E-state index in [0.717, 1.165) is 36.8 Å². The van der Waals surface area contributed by atoms with E-state index in [4.69, 9.17) is 20.6 Å². The SMILES string of the molecule is [2H]c1c([2H])c([2H])c(-c2ccc3oc4c(-c5ccc(C([2H])([2H])C([2H])([2H])c6cc(C([2H])([2H])C([2H])([2H])c7cnc(-c8ccccc8)cc7C([2H])(C)C)cc(C([2H])([2H])C([2H])([2H])c7cnc(-c8ccccc8)cc7C([2H])(C)C)c6)cn5)cccc4c3c2[N+]#[C-])c([2H])c1[2H]. The molecule has 0 saturated carbocycles. The Morgan fingerprint density at radius 1 is 0.536 bits per heavy atom. The van der Waals surface area contributed by atoms with Gasteiger partial charge >= 0.3 is 0 Å². The number of benzene rings is 6. The minimum Gasteiger partial charge on any atom is -0.457 e. The van der Waals surface area contributed by atoms with Gasteiger partial charge in [0.2, 0.25) is 5.69 Å². The Hall–Kier alpha value is -7.94. The third-order valence-electron chi connectivity index (χ3n) is 11.5. The number of hydrogen-bond acceptors (Lipinski definition) is 4. The Bertz CT molecular complexity index is 4260. The maximum absolute atomic E-state index is 9.77. The molecule has 5 heteroatoms. The van der Waals surface area contributed by atoms with E-state index in [2.05, 4.69) is 19.8 Å². The molecular formula is C64H56N4O. The molecule has 0 amide bonds. The highest BCUT2D eigenvalue weighted by Crippen LogP contribution is 2.44. The highest BCUT2D eigenvalue weighted by atomic mass is 16.3. The van der Waals surface area contributed by atoms with Gasteiger partial charge in [-0.1, -0.05) is 161 Å². The van der Waals surface area contributed by atoms with E-state index in [0.29, 0.717) is 33.5 Å². The van der Waals surface area contributed by atoms with Gasteiger partial charge in [-0.2, -0.15) is 0 Å². The molecular weight excluding hydrogens is 841 g/mol. The highest BCUT2D eigenvalue weighted by molar-refractivity contribution is 6.17. The van der Waals surface area contributed by atoms with Crippen LogP contribution in [0.5, 0.6) is 0 Å². The quantitative estimate of drug-likeness (QED) is 0.0962. The number of hydrogen-bond donors (Lipinski definition) is 0. The third-order valence-corrected chi connectivity index (χ3v) is 11.5. The van der Waals surface area contributed by atoms with Crippen LogP contribution in [0.4, 0.5) is 5.69 Å². The molecule has 4 aromatic heterocycles. The lowest BCUT2D eigenvalue weighted by atomic mass is 9.90. The first-order valence-corrected chi connectivity index (χ1v) is 22.2. The number of fused-ring (bicyclic) bond motifs is 3. The fourth-order valence-corrected chi connectivity index (χ4v) is 8.14. The summed E-state index contributed by atoms with van der Waals surface area (Å²) < 4.78 is 183. The molecule has 6 aromatic carbocycles. The zero-order chi connectivity index (χ0) is 64.2. The summed E-state index contributed by atoms with van der Waals surface area (Å²) in [4.78, 5) is 17.3. The molecule has 10 aromatic rings. The van der Waals surface area contributed by atoms with Gasteiger partial charge in [-0.05, 0) is 136 Å². The van der Waals surface area contributed by atoms with Gasteiger partial charge in [0.1, 0.15) is 11.2 Å². The predicted molar refractivity (Wildman–Crippen MR) is 285 cm³/mol. The molecule has 0 bridgehead atoms. The molecule has 0 N–H and O–H groups in total. The Morgan fingerprint density at radius 2 is 1.09 bits per heavy atom. The van der Waals surface area contributed by atoms with Crippen LogP contribution in [-0.2, 0) is 38.2 Å². The fourth-order valence-electron chi connectivity index (χ4n) is 8.14. The van der Waals surface area contributed by atoms with Crippen LogP contribution in [0.1, 0.15) is 110 Å². The number of para-hydroxylation sites is 1. The lowest BCUT2D eigenvalue weighted by molar-refractivity contribution is 0.670. The smallest absolute Gasteiger partial charge is 0.206 e. The van der Waals surface area contributed by atoms with E-state index in [1.165, 1.54) is 64.1 Å². The van der Waals surface area contributed by atoms with Crippen molar-refractivity contribution in [3.8, 4) is 44.9 Å². The molecule has 69 heavy (non-hydrogen) atoms. The standard InChI is InChI=1S/C64H56N4O/c1-42(2)56-37-59(49-18-11-7-12-19-49)67-40-51(56)29-26-46-34-45(35-47(36-46)27-30-52-41-68-60(38-57(52)43(3)4)50-20-13-8-14-21-50)25-24-44-28-32-58(66-39-44)54-22-15-23-55-62-61(69-64(54)55)33-31-53(63(62)65-5)48-16-9-6-10-17-48/h6-23,28,31-43H,24-27,29-30H2,1-4H3/i6D,9D,10D,16D,17D,24D2,25D2,26D2,27D2,29D2,30D2,42D,43D. The summed E-state index contributed by atoms with van der Waals surface area (Å²) in [5.41, 5.74) is -0.287. The summed E-state index contributed by atoms with van der Waals surface area (Å²) in [7, 11) is 0. The van der Waals surface area contributed by atoms with Crippen LogP contribution in [0.15, 0.2) is 187 Å². The predicted octanol–water partition coefficient (Wildman–Crippen LogP) is 16.6. The van der Waals surface area contributed by atoms with Crippen molar-refractivity contribution in [1.82, 2.24) is 15.0 Å². The minimum atomic E-state index is -3.30. The molecule has 0 aliphatic rings. The van der Waals surface area contributed by atoms with Crippen LogP contribution in [0.25, 0.3) is 71.7 Å². The van der Waals surface area contributed by atoms with Crippen molar-refractivity contribution >= 4 is 27.6 Å². The molecule has 5 nitrogen and oxygen atoms in total. The summed E-state index contributed by atoms with van der Waals surface area (Å²) in [6.45, 7) is 14.2. The van der Waals surface area contributed by atoms with Gasteiger partial charge in [-0.25, -0.2) is 4.85 Å². The van der Waals surface area contributed by atoms with Crippen molar-refractivity contribution in [2.75, 3.05) is 0 Å². The average Bonchev–Trinajstić information content (AvgIpc) is 0.999. The van der Waals surface area contributed by atoms with Gasteiger partial charge in [0.25, 0.3) is 0 Å². The molecule has 0 unspecified atom stereocenters. The third kappa shape index (κ3) is 9.76. The van der Waals surface area contributed by atoms with Gasteiger partial charge in [0.15, 0.2) is 0 Å². The summed E-state index contributed by atoms with van der Waals surface area (Å²) in [5, 5.41) is 0.681. The van der Waals surface area contributed by atoms with Crippen LogP contribution in [0.3, 0.4) is 0 Å². The Morgan fingerprint density at radius 3 is 1.62 bits per heavy atom. The van der Waals surface area contributed by atoms with E-state index >= 15 is 0 Å². The molecule has 0 fully saturated rings. The van der Waals surface area contributed by atoms with E-state index in [9.17, 15) is 16.4 Å². The second-order valence-corrected chi connectivity index (χ2v) is 16.7. The highest BCUT2D eigenvalue weighted by Gasteiger charge is 2.20. The van der Waals surface area contributed by atoms with Crippen LogP contribution >= 0.6 is 0 Å². The normalized spacial score (nSPS) is 17.1. The summed E-state index contributed by atoms with van der Waals surface area (Å²) >= 11 is 0. The van der Waals surface area contributed by atoms with Gasteiger partial charge in [0, 0.05) is 65.2 Å². The average molecular weight is 916 g/mol.